The number of phosphoric ester groups is 1. The summed E-state index contributed by atoms with van der Waals surface area (Å²) in [5.74, 6) is -2.10. The molecule has 0 aliphatic heterocycles. The predicted octanol–water partition coefficient (Wildman–Crippen LogP) is 10.5. The number of carbonyl (C=O) groups excluding carboxylic acids is 2. The maximum Gasteiger partial charge on any atom is 0.482 e. The predicted molar refractivity (Wildman–Crippen MR) is 209 cm³/mol. The van der Waals surface area contributed by atoms with E-state index in [0.29, 0.717) is 12.8 Å². The molecule has 13 heteroatoms. The van der Waals surface area contributed by atoms with E-state index in [0.717, 1.165) is 64.2 Å². The second-order valence-electron chi connectivity index (χ2n) is 14.1. The molecule has 0 aliphatic rings. The largest absolute Gasteiger partial charge is 0.482 e. The van der Waals surface area contributed by atoms with E-state index in [-0.39, 0.29) is 25.7 Å². The molecule has 2 atom stereocenters. The normalized spacial score (nSPS) is 14.4. The van der Waals surface area contributed by atoms with Gasteiger partial charge in [-0.3, -0.25) is 14.1 Å². The molecular weight excluding hydrogens is 706 g/mol. The fourth-order valence-electron chi connectivity index (χ4n) is 6.24. The number of hydrogen-bond donors (Lipinski definition) is 5. The summed E-state index contributed by atoms with van der Waals surface area (Å²) < 4.78 is 32.7. The van der Waals surface area contributed by atoms with E-state index in [9.17, 15) is 33.8 Å². The Kier molecular flexibility index (Phi) is 31.6. The van der Waals surface area contributed by atoms with Gasteiger partial charge in [0.25, 0.3) is 0 Å². The Labute approximate surface area is 315 Å². The number of ketones is 2. The minimum atomic E-state index is -5.75. The molecule has 0 aliphatic carbocycles. The highest BCUT2D eigenvalue weighted by molar-refractivity contribution is 7.60. The molecule has 0 spiro atoms. The average molecular weight is 781 g/mol. The van der Waals surface area contributed by atoms with E-state index in [1.165, 1.54) is 77.0 Å². The Balaban J connectivity index is 4.93. The lowest BCUT2D eigenvalue weighted by Crippen LogP contribution is -2.58. The second-order valence-corrected chi connectivity index (χ2v) is 16.8. The van der Waals surface area contributed by atoms with E-state index in [2.05, 4.69) is 42.5 Å². The van der Waals surface area contributed by atoms with Crippen molar-refractivity contribution in [3.8, 4) is 0 Å². The Hall–Kier alpha value is -1.00. The van der Waals surface area contributed by atoms with Crippen molar-refractivity contribution in [1.82, 2.24) is 0 Å². The number of aliphatic hydroxyl groups is 2. The highest BCUT2D eigenvalue weighted by atomic mass is 31.3. The van der Waals surface area contributed by atoms with Gasteiger partial charge in [-0.2, -0.15) is 4.31 Å². The first-order valence-corrected chi connectivity index (χ1v) is 23.3. The number of unbranched alkanes of at least 4 members (excludes halogenated alkanes) is 22. The molecule has 306 valence electrons. The van der Waals surface area contributed by atoms with Crippen LogP contribution in [0.4, 0.5) is 0 Å². The van der Waals surface area contributed by atoms with Gasteiger partial charge >= 0.3 is 15.6 Å². The molecule has 0 rings (SSSR count). The third kappa shape index (κ3) is 26.7. The summed E-state index contributed by atoms with van der Waals surface area (Å²) in [5.41, 5.74) is -3.02. The maximum atomic E-state index is 13.5. The first-order chi connectivity index (χ1) is 24.9. The molecular formula is C39H74O11P2. The lowest BCUT2D eigenvalue weighted by Gasteiger charge is -2.35. The summed E-state index contributed by atoms with van der Waals surface area (Å²) in [7, 11) is -11.3. The van der Waals surface area contributed by atoms with Gasteiger partial charge in [-0.15, -0.1) is 0 Å². The van der Waals surface area contributed by atoms with E-state index < -0.39 is 45.5 Å². The van der Waals surface area contributed by atoms with Gasteiger partial charge in [-0.05, 0) is 64.2 Å². The van der Waals surface area contributed by atoms with Gasteiger partial charge in [-0.25, -0.2) is 9.13 Å². The topological polar surface area (TPSA) is 188 Å². The van der Waals surface area contributed by atoms with Gasteiger partial charge in [0.1, 0.15) is 6.10 Å². The lowest BCUT2D eigenvalue weighted by atomic mass is 9.82. The summed E-state index contributed by atoms with van der Waals surface area (Å²) in [6.07, 6.45) is 32.6. The Morgan fingerprint density at radius 3 is 1.17 bits per heavy atom. The lowest BCUT2D eigenvalue weighted by molar-refractivity contribution is -0.164. The van der Waals surface area contributed by atoms with Gasteiger partial charge in [0.15, 0.2) is 11.6 Å². The summed E-state index contributed by atoms with van der Waals surface area (Å²) >= 11 is 0. The number of Topliss-reactive ketones (excluding diaryl/α,β-unsaturated/α-hetero) is 2. The van der Waals surface area contributed by atoms with Gasteiger partial charge in [-0.1, -0.05) is 141 Å². The second kappa shape index (κ2) is 32.3. The van der Waals surface area contributed by atoms with Gasteiger partial charge in [0, 0.05) is 12.8 Å². The van der Waals surface area contributed by atoms with Crippen LogP contribution in [0.1, 0.15) is 194 Å². The van der Waals surface area contributed by atoms with Crippen molar-refractivity contribution in [3.63, 3.8) is 0 Å². The van der Waals surface area contributed by atoms with Crippen LogP contribution in [0.25, 0.3) is 0 Å². The fraction of sp³-hybridized carbons (Fsp3) is 0.846. The molecule has 0 saturated heterocycles. The SMILES string of the molecule is CCCCCCCC/C=C\CCCCCCCC(=O)C(OP(=O)(O)OP(=O)(O)O)(C(=O)CCCCCCC/C=C\CCCCCCCC)C(O)CO. The number of phosphoric acid groups is 2. The van der Waals surface area contributed by atoms with Crippen molar-refractivity contribution in [2.45, 2.75) is 205 Å². The molecule has 2 unspecified atom stereocenters. The molecule has 52 heavy (non-hydrogen) atoms. The van der Waals surface area contributed by atoms with Crippen LogP contribution >= 0.6 is 15.6 Å². The molecule has 11 nitrogen and oxygen atoms in total. The first kappa shape index (κ1) is 51.0. The molecule has 0 aromatic carbocycles. The van der Waals surface area contributed by atoms with Gasteiger partial charge in [0.2, 0.25) is 5.60 Å². The number of allylic oxidation sites excluding steroid dienone is 4. The molecule has 0 saturated carbocycles. The fourth-order valence-corrected chi connectivity index (χ4v) is 8.13. The van der Waals surface area contributed by atoms with E-state index in [4.69, 9.17) is 14.3 Å². The standard InChI is InChI=1S/C39H74O11P2/c1-3-5-7-9-11-13-15-17-19-21-23-25-27-29-31-33-36(41)39(38(43)35-40,49-52(47,48)50-51(44,45)46)37(42)34-32-30-28-26-24-22-20-18-16-14-12-10-8-6-4-2/h17-20,38,40,43H,3-16,21-35H2,1-2H3,(H,47,48)(H2,44,45,46)/b19-17-,20-18-. The minimum Gasteiger partial charge on any atom is -0.394 e. The van der Waals surface area contributed by atoms with E-state index >= 15 is 0 Å². The van der Waals surface area contributed by atoms with Crippen molar-refractivity contribution < 1.29 is 52.4 Å². The van der Waals surface area contributed by atoms with Crippen molar-refractivity contribution in [1.29, 1.82) is 0 Å². The van der Waals surface area contributed by atoms with Crippen LogP contribution in [-0.4, -0.2) is 54.8 Å². The Morgan fingerprint density at radius 2 is 0.865 bits per heavy atom. The van der Waals surface area contributed by atoms with Crippen LogP contribution in [0, 0.1) is 0 Å². The summed E-state index contributed by atoms with van der Waals surface area (Å²) in [6.45, 7) is 3.25. The zero-order valence-electron chi connectivity index (χ0n) is 32.5. The highest BCUT2D eigenvalue weighted by Gasteiger charge is 2.56. The molecule has 0 amide bonds. The van der Waals surface area contributed by atoms with Crippen LogP contribution in [-0.2, 0) is 27.6 Å². The van der Waals surface area contributed by atoms with E-state index in [1.807, 2.05) is 0 Å². The first-order valence-electron chi connectivity index (χ1n) is 20.3. The third-order valence-corrected chi connectivity index (χ3v) is 11.5. The van der Waals surface area contributed by atoms with E-state index in [1.54, 1.807) is 0 Å². The highest BCUT2D eigenvalue weighted by Crippen LogP contribution is 2.60. The third-order valence-electron chi connectivity index (χ3n) is 9.27. The molecule has 0 aromatic heterocycles. The number of rotatable bonds is 38. The molecule has 0 aromatic rings. The monoisotopic (exact) mass is 780 g/mol. The van der Waals surface area contributed by atoms with Crippen LogP contribution in [0.3, 0.4) is 0 Å². The van der Waals surface area contributed by atoms with Crippen LogP contribution in [0.2, 0.25) is 0 Å². The maximum absolute atomic E-state index is 13.5. The smallest absolute Gasteiger partial charge is 0.394 e. The van der Waals surface area contributed by atoms with Crippen molar-refractivity contribution in [2.24, 2.45) is 0 Å². The Bertz CT molecular complexity index is 1000. The number of aliphatic hydroxyl groups excluding tert-OH is 2. The Morgan fingerprint density at radius 1 is 0.558 bits per heavy atom. The zero-order valence-corrected chi connectivity index (χ0v) is 34.3. The molecule has 0 fully saturated rings. The summed E-state index contributed by atoms with van der Waals surface area (Å²) in [5, 5.41) is 20.5. The molecule has 0 heterocycles. The zero-order chi connectivity index (χ0) is 39.0. The minimum absolute atomic E-state index is 0.283. The van der Waals surface area contributed by atoms with Crippen LogP contribution in [0.15, 0.2) is 24.3 Å². The number of hydrogen-bond acceptors (Lipinski definition) is 8. The quantitative estimate of drug-likeness (QED) is 0.0174. The van der Waals surface area contributed by atoms with Crippen LogP contribution in [0.5, 0.6) is 0 Å². The molecule has 5 N–H and O–H groups in total. The van der Waals surface area contributed by atoms with Gasteiger partial charge in [0.05, 0.1) is 6.61 Å². The van der Waals surface area contributed by atoms with Gasteiger partial charge < -0.3 is 24.9 Å². The average Bonchev–Trinajstić information content (AvgIpc) is 3.08. The molecule has 0 radical (unpaired) electrons. The van der Waals surface area contributed by atoms with Crippen molar-refractivity contribution >= 4 is 27.2 Å². The van der Waals surface area contributed by atoms with Crippen molar-refractivity contribution in [2.75, 3.05) is 6.61 Å². The number of carbonyl (C=O) groups is 2. The summed E-state index contributed by atoms with van der Waals surface area (Å²) in [4.78, 5) is 55.4. The molecule has 0 bridgehead atoms. The summed E-state index contributed by atoms with van der Waals surface area (Å²) in [6, 6.07) is 0. The van der Waals surface area contributed by atoms with Crippen molar-refractivity contribution in [3.05, 3.63) is 24.3 Å². The van der Waals surface area contributed by atoms with Crippen LogP contribution < -0.4 is 0 Å².